The number of anilines is 1. The van der Waals surface area contributed by atoms with Crippen molar-refractivity contribution in [1.29, 1.82) is 0 Å². The summed E-state index contributed by atoms with van der Waals surface area (Å²) in [5.41, 5.74) is 0.253. The molecule has 1 amide bonds. The van der Waals surface area contributed by atoms with Crippen molar-refractivity contribution in [3.05, 3.63) is 29.0 Å². The number of carbonyl (C=O) groups excluding carboxylic acids is 1. The number of benzene rings is 1. The number of nitrogens with two attached hydrogens (primary N) is 1. The van der Waals surface area contributed by atoms with Gasteiger partial charge in [0, 0.05) is 18.9 Å². The Morgan fingerprint density at radius 2 is 2.16 bits per heavy atom. The van der Waals surface area contributed by atoms with Gasteiger partial charge < -0.3 is 4.90 Å². The maximum absolute atomic E-state index is 13.3. The number of hydrogen-bond acceptors (Lipinski definition) is 3. The highest BCUT2D eigenvalue weighted by molar-refractivity contribution is 7.89. The highest BCUT2D eigenvalue weighted by Crippen LogP contribution is 2.32. The smallest absolute Gasteiger partial charge is 0.227 e. The predicted molar refractivity (Wildman–Crippen MR) is 69.8 cm³/mol. The molecule has 1 unspecified atom stereocenters. The van der Waals surface area contributed by atoms with Crippen LogP contribution in [0.2, 0.25) is 5.02 Å². The lowest BCUT2D eigenvalue weighted by Gasteiger charge is -2.18. The number of sulfonamides is 1. The molecule has 0 saturated carbocycles. The van der Waals surface area contributed by atoms with Crippen LogP contribution >= 0.6 is 11.6 Å². The fourth-order valence-corrected chi connectivity index (χ4v) is 3.26. The van der Waals surface area contributed by atoms with E-state index in [0.717, 1.165) is 0 Å². The molecule has 1 atom stereocenters. The van der Waals surface area contributed by atoms with Crippen molar-refractivity contribution < 1.29 is 17.6 Å². The van der Waals surface area contributed by atoms with Gasteiger partial charge in [-0.15, -0.1) is 0 Å². The Kier molecular flexibility index (Phi) is 3.80. The highest BCUT2D eigenvalue weighted by Gasteiger charge is 2.34. The van der Waals surface area contributed by atoms with Crippen molar-refractivity contribution in [3.8, 4) is 0 Å². The lowest BCUT2D eigenvalue weighted by molar-refractivity contribution is -0.117. The molecule has 19 heavy (non-hydrogen) atoms. The summed E-state index contributed by atoms with van der Waals surface area (Å²) >= 11 is 5.81. The lowest BCUT2D eigenvalue weighted by Crippen LogP contribution is -2.27. The lowest BCUT2D eigenvalue weighted by atomic mass is 10.1. The van der Waals surface area contributed by atoms with Crippen LogP contribution in [-0.4, -0.2) is 26.6 Å². The van der Waals surface area contributed by atoms with E-state index >= 15 is 0 Å². The summed E-state index contributed by atoms with van der Waals surface area (Å²) in [6.45, 7) is 0.165. The summed E-state index contributed by atoms with van der Waals surface area (Å²) in [4.78, 5) is 13.1. The monoisotopic (exact) mass is 306 g/mol. The van der Waals surface area contributed by atoms with Crippen LogP contribution in [0.1, 0.15) is 6.42 Å². The van der Waals surface area contributed by atoms with Gasteiger partial charge in [-0.05, 0) is 12.1 Å². The number of rotatable bonds is 3. The van der Waals surface area contributed by atoms with E-state index in [1.165, 1.54) is 23.1 Å². The van der Waals surface area contributed by atoms with Gasteiger partial charge in [0.25, 0.3) is 0 Å². The van der Waals surface area contributed by atoms with Crippen molar-refractivity contribution in [3.63, 3.8) is 0 Å². The van der Waals surface area contributed by atoms with Crippen LogP contribution in [0.3, 0.4) is 0 Å². The van der Waals surface area contributed by atoms with Crippen LogP contribution in [0.4, 0.5) is 10.1 Å². The Morgan fingerprint density at radius 3 is 2.79 bits per heavy atom. The van der Waals surface area contributed by atoms with E-state index in [2.05, 4.69) is 0 Å². The van der Waals surface area contributed by atoms with Crippen molar-refractivity contribution in [1.82, 2.24) is 0 Å². The Bertz CT molecular complexity index is 620. The van der Waals surface area contributed by atoms with Gasteiger partial charge >= 0.3 is 0 Å². The van der Waals surface area contributed by atoms with E-state index in [-0.39, 0.29) is 35.3 Å². The van der Waals surface area contributed by atoms with Crippen LogP contribution in [0.25, 0.3) is 0 Å². The van der Waals surface area contributed by atoms with Crippen LogP contribution in [0.15, 0.2) is 18.2 Å². The number of amides is 1. The minimum atomic E-state index is -3.64. The summed E-state index contributed by atoms with van der Waals surface area (Å²) in [5, 5.41) is 4.81. The van der Waals surface area contributed by atoms with Gasteiger partial charge in [-0.1, -0.05) is 17.7 Å². The molecule has 8 heteroatoms. The number of nitrogens with zero attached hydrogens (tertiary/aromatic N) is 1. The van der Waals surface area contributed by atoms with E-state index < -0.39 is 21.8 Å². The van der Waals surface area contributed by atoms with E-state index in [4.69, 9.17) is 16.7 Å². The third-order valence-corrected chi connectivity index (χ3v) is 4.21. The molecule has 1 aliphatic heterocycles. The zero-order valence-electron chi connectivity index (χ0n) is 9.84. The molecule has 0 aliphatic carbocycles. The first-order valence-electron chi connectivity index (χ1n) is 5.53. The van der Waals surface area contributed by atoms with Crippen molar-refractivity contribution in [2.45, 2.75) is 6.42 Å². The minimum absolute atomic E-state index is 0.0588. The van der Waals surface area contributed by atoms with E-state index in [1.807, 2.05) is 0 Å². The molecule has 0 bridgehead atoms. The normalized spacial score (nSPS) is 20.1. The molecular weight excluding hydrogens is 295 g/mol. The van der Waals surface area contributed by atoms with Crippen molar-refractivity contribution in [2.75, 3.05) is 17.2 Å². The van der Waals surface area contributed by atoms with E-state index in [1.54, 1.807) is 0 Å². The van der Waals surface area contributed by atoms with Gasteiger partial charge in [-0.25, -0.2) is 17.9 Å². The van der Waals surface area contributed by atoms with Crippen molar-refractivity contribution in [2.24, 2.45) is 11.1 Å². The SMILES string of the molecule is NS(=O)(=O)CC1CC(=O)N(c2cccc(F)c2Cl)C1. The number of primary sulfonamides is 1. The number of carbonyl (C=O) groups is 1. The van der Waals surface area contributed by atoms with E-state index in [9.17, 15) is 17.6 Å². The molecule has 5 nitrogen and oxygen atoms in total. The fourth-order valence-electron chi connectivity index (χ4n) is 2.16. The van der Waals surface area contributed by atoms with Crippen LogP contribution < -0.4 is 10.0 Å². The fraction of sp³-hybridized carbons (Fsp3) is 0.364. The largest absolute Gasteiger partial charge is 0.310 e. The van der Waals surface area contributed by atoms with E-state index in [0.29, 0.717) is 0 Å². The van der Waals surface area contributed by atoms with Crippen LogP contribution in [0, 0.1) is 11.7 Å². The maximum Gasteiger partial charge on any atom is 0.227 e. The zero-order valence-corrected chi connectivity index (χ0v) is 11.4. The van der Waals surface area contributed by atoms with Gasteiger partial charge in [0.1, 0.15) is 10.8 Å². The highest BCUT2D eigenvalue weighted by atomic mass is 35.5. The maximum atomic E-state index is 13.3. The van der Waals surface area contributed by atoms with Crippen molar-refractivity contribution >= 4 is 33.2 Å². The Labute approximate surface area is 115 Å². The topological polar surface area (TPSA) is 80.5 Å². The molecule has 0 radical (unpaired) electrons. The third kappa shape index (κ3) is 3.23. The third-order valence-electron chi connectivity index (χ3n) is 2.90. The summed E-state index contributed by atoms with van der Waals surface area (Å²) in [5.74, 6) is -1.59. The summed E-state index contributed by atoms with van der Waals surface area (Å²) < 4.78 is 35.4. The molecule has 104 valence electrons. The van der Waals surface area contributed by atoms with Crippen LogP contribution in [-0.2, 0) is 14.8 Å². The van der Waals surface area contributed by atoms with Gasteiger partial charge in [0.05, 0.1) is 11.4 Å². The Balaban J connectivity index is 2.23. The van der Waals surface area contributed by atoms with Gasteiger partial charge in [-0.2, -0.15) is 0 Å². The first-order valence-corrected chi connectivity index (χ1v) is 7.62. The first kappa shape index (κ1) is 14.2. The zero-order chi connectivity index (χ0) is 14.2. The Hall–Kier alpha value is -1.18. The van der Waals surface area contributed by atoms with Gasteiger partial charge in [-0.3, -0.25) is 4.79 Å². The first-order chi connectivity index (χ1) is 8.78. The average molecular weight is 307 g/mol. The molecule has 1 aromatic rings. The molecule has 1 aromatic carbocycles. The standard InChI is InChI=1S/C11H12ClFN2O3S/c12-11-8(13)2-1-3-9(11)15-5-7(4-10(15)16)6-19(14,17)18/h1-3,7H,4-6H2,(H2,14,17,18). The molecule has 1 aliphatic rings. The molecule has 1 fully saturated rings. The molecule has 0 spiro atoms. The van der Waals surface area contributed by atoms with Gasteiger partial charge in [0.15, 0.2) is 0 Å². The molecule has 1 saturated heterocycles. The summed E-state index contributed by atoms with van der Waals surface area (Å²) in [6.07, 6.45) is 0.0588. The molecule has 2 N–H and O–H groups in total. The molecule has 1 heterocycles. The number of halogens is 2. The second-order valence-electron chi connectivity index (χ2n) is 4.48. The predicted octanol–water partition coefficient (Wildman–Crippen LogP) is 1.12. The van der Waals surface area contributed by atoms with Crippen LogP contribution in [0.5, 0.6) is 0 Å². The summed E-state index contributed by atoms with van der Waals surface area (Å²) in [7, 11) is -3.64. The second kappa shape index (κ2) is 5.07. The molecule has 2 rings (SSSR count). The number of hydrogen-bond donors (Lipinski definition) is 1. The summed E-state index contributed by atoms with van der Waals surface area (Å²) in [6, 6.07) is 4.15. The van der Waals surface area contributed by atoms with Gasteiger partial charge in [0.2, 0.25) is 15.9 Å². The molecular formula is C11H12ClFN2O3S. The quantitative estimate of drug-likeness (QED) is 0.908. The average Bonchev–Trinajstić information content (AvgIpc) is 2.61. The Morgan fingerprint density at radius 1 is 1.47 bits per heavy atom. The minimum Gasteiger partial charge on any atom is -0.310 e. The molecule has 0 aromatic heterocycles. The second-order valence-corrected chi connectivity index (χ2v) is 6.51.